The fourth-order valence-corrected chi connectivity index (χ4v) is 0. The molecule has 0 aromatic heterocycles. The van der Waals surface area contributed by atoms with Crippen molar-refractivity contribution in [2.75, 3.05) is 0 Å². The molecule has 0 bridgehead atoms. The van der Waals surface area contributed by atoms with Gasteiger partial charge >= 0.3 is 5.40 Å². The highest BCUT2D eigenvalue weighted by atomic mass is 35.9. The van der Waals surface area contributed by atoms with Gasteiger partial charge < -0.3 is 0 Å². The van der Waals surface area contributed by atoms with E-state index in [1.54, 1.807) is 0 Å². The molecule has 5 heavy (non-hydrogen) atoms. The van der Waals surface area contributed by atoms with Gasteiger partial charge in [0, 0.05) is 0 Å². The molecule has 32 valence electrons. The van der Waals surface area contributed by atoms with Gasteiger partial charge in [-0.2, -0.15) is 0 Å². The summed E-state index contributed by atoms with van der Waals surface area (Å²) in [5.74, 6) is 0. The van der Waals surface area contributed by atoms with Crippen molar-refractivity contribution < 1.29 is 0 Å². The van der Waals surface area contributed by atoms with Crippen LogP contribution in [0.25, 0.3) is 0 Å². The standard InChI is InChI=1S/CH4.Cl2PS/c;1-3(2)4/h1H4;/q;+1. The first-order valence-electron chi connectivity index (χ1n) is 0.521. The van der Waals surface area contributed by atoms with Gasteiger partial charge in [-0.25, -0.2) is 0 Å². The van der Waals surface area contributed by atoms with E-state index in [1.165, 1.54) is 0 Å². The van der Waals surface area contributed by atoms with Crippen molar-refractivity contribution in [3.8, 4) is 0 Å². The lowest BCUT2D eigenvalue weighted by Crippen LogP contribution is -0.922. The molecule has 0 heterocycles. The van der Waals surface area contributed by atoms with Crippen molar-refractivity contribution in [2.45, 2.75) is 7.43 Å². The Kier molecular flexibility index (Phi) is 9.63. The lowest BCUT2D eigenvalue weighted by molar-refractivity contribution is 2.50. The molecule has 0 aromatic rings. The molecule has 0 aromatic carbocycles. The molecule has 0 N–H and O–H groups in total. The molecule has 0 atom stereocenters. The quantitative estimate of drug-likeness (QED) is 0.478. The molecule has 0 nitrogen and oxygen atoms in total. The summed E-state index contributed by atoms with van der Waals surface area (Å²) >= 11 is 14.1. The van der Waals surface area contributed by atoms with Crippen LogP contribution in [0.4, 0.5) is 0 Å². The van der Waals surface area contributed by atoms with Gasteiger partial charge in [-0.05, 0) is 0 Å². The van der Waals surface area contributed by atoms with E-state index < -0.39 is 5.40 Å². The summed E-state index contributed by atoms with van der Waals surface area (Å²) in [6.45, 7) is 0. The fraction of sp³-hybridized carbons (Fsp3) is 1.00. The molecule has 0 fully saturated rings. The molecular formula is CH4Cl2PS+. The van der Waals surface area contributed by atoms with Crippen LogP contribution < -0.4 is 0 Å². The monoisotopic (exact) mass is 149 g/mol. The summed E-state index contributed by atoms with van der Waals surface area (Å²) in [5, 5.41) is -1.09. The van der Waals surface area contributed by atoms with Crippen LogP contribution >= 0.6 is 27.9 Å². The maximum absolute atomic E-state index is 4.92. The third-order valence-corrected chi connectivity index (χ3v) is 0. The highest BCUT2D eigenvalue weighted by Crippen LogP contribution is 2.31. The Morgan fingerprint density at radius 3 is 1.40 bits per heavy atom. The minimum atomic E-state index is -1.09. The average molecular weight is 150 g/mol. The molecule has 0 amide bonds. The van der Waals surface area contributed by atoms with E-state index in [4.69, 9.17) is 22.5 Å². The van der Waals surface area contributed by atoms with E-state index in [0.29, 0.717) is 0 Å². The lowest BCUT2D eigenvalue weighted by atomic mass is 12.0. The predicted molar refractivity (Wildman–Crippen MR) is 32.7 cm³/mol. The smallest absolute Gasteiger partial charge is 0.0776 e. The van der Waals surface area contributed by atoms with Crippen LogP contribution in [0.3, 0.4) is 0 Å². The molecular weight excluding hydrogens is 146 g/mol. The second-order valence-electron chi connectivity index (χ2n) is 0.202. The molecule has 4 heteroatoms. The van der Waals surface area contributed by atoms with Crippen LogP contribution in [0.2, 0.25) is 0 Å². The van der Waals surface area contributed by atoms with Crippen molar-refractivity contribution in [3.63, 3.8) is 0 Å². The Hall–Kier alpha value is 1.10. The van der Waals surface area contributed by atoms with Gasteiger partial charge in [0.25, 0.3) is 0 Å². The second kappa shape index (κ2) is 5.10. The van der Waals surface area contributed by atoms with Crippen molar-refractivity contribution >= 4 is 39.7 Å². The third-order valence-electron chi connectivity index (χ3n) is 0. The van der Waals surface area contributed by atoms with E-state index >= 15 is 0 Å². The van der Waals surface area contributed by atoms with Crippen LogP contribution in [0.5, 0.6) is 0 Å². The van der Waals surface area contributed by atoms with Crippen LogP contribution in [-0.2, 0) is 11.8 Å². The summed E-state index contributed by atoms with van der Waals surface area (Å²) in [5.41, 5.74) is 0. The summed E-state index contributed by atoms with van der Waals surface area (Å²) in [7, 11) is 0. The van der Waals surface area contributed by atoms with Gasteiger partial charge in [0.2, 0.25) is 11.8 Å². The zero-order valence-electron chi connectivity index (χ0n) is 1.61. The zero-order chi connectivity index (χ0) is 3.58. The maximum Gasteiger partial charge on any atom is 0.407 e. The summed E-state index contributed by atoms with van der Waals surface area (Å²) in [6.07, 6.45) is 0. The Balaban J connectivity index is 0. The molecule has 0 rings (SSSR count). The Morgan fingerprint density at radius 2 is 1.40 bits per heavy atom. The van der Waals surface area contributed by atoms with E-state index in [2.05, 4.69) is 11.8 Å². The Morgan fingerprint density at radius 1 is 1.40 bits per heavy atom. The number of hydrogen-bond acceptors (Lipinski definition) is 1. The molecule has 0 spiro atoms. The van der Waals surface area contributed by atoms with Crippen LogP contribution in [0.15, 0.2) is 0 Å². The Bertz CT molecular complexity index is 32.6. The molecule has 0 aliphatic heterocycles. The normalized spacial score (nSPS) is 5.20. The minimum Gasteiger partial charge on any atom is -0.0776 e. The maximum atomic E-state index is 4.92. The number of rotatable bonds is 0. The van der Waals surface area contributed by atoms with E-state index in [9.17, 15) is 0 Å². The first-order chi connectivity index (χ1) is 1.73. The molecule has 0 radical (unpaired) electrons. The van der Waals surface area contributed by atoms with Gasteiger partial charge in [0.15, 0.2) is 22.5 Å². The Labute approximate surface area is 47.5 Å². The van der Waals surface area contributed by atoms with Crippen molar-refractivity contribution in [1.29, 1.82) is 0 Å². The summed E-state index contributed by atoms with van der Waals surface area (Å²) in [6, 6.07) is 0. The van der Waals surface area contributed by atoms with Gasteiger partial charge in [0.05, 0.1) is 0 Å². The summed E-state index contributed by atoms with van der Waals surface area (Å²) in [4.78, 5) is 0. The number of halogens is 2. The SMILES string of the molecule is C.S=[P+](Cl)Cl. The van der Waals surface area contributed by atoms with Gasteiger partial charge in [0.1, 0.15) is 0 Å². The third kappa shape index (κ3) is 40.5. The van der Waals surface area contributed by atoms with Gasteiger partial charge in [-0.1, -0.05) is 7.43 Å². The summed E-state index contributed by atoms with van der Waals surface area (Å²) < 4.78 is 0. The van der Waals surface area contributed by atoms with Gasteiger partial charge in [-0.15, -0.1) is 0 Å². The topological polar surface area (TPSA) is 0 Å². The highest BCUT2D eigenvalue weighted by Gasteiger charge is 1.89. The molecule has 0 aliphatic rings. The molecule has 0 saturated carbocycles. The number of hydrogen-bond donors (Lipinski definition) is 0. The highest BCUT2D eigenvalue weighted by molar-refractivity contribution is 8.29. The average Bonchev–Trinajstić information content (AvgIpc) is 0.811. The van der Waals surface area contributed by atoms with Crippen molar-refractivity contribution in [1.82, 2.24) is 0 Å². The van der Waals surface area contributed by atoms with Crippen LogP contribution in [0.1, 0.15) is 7.43 Å². The van der Waals surface area contributed by atoms with Crippen LogP contribution in [-0.4, -0.2) is 0 Å². The van der Waals surface area contributed by atoms with Crippen molar-refractivity contribution in [2.24, 2.45) is 0 Å². The predicted octanol–water partition coefficient (Wildman–Crippen LogP) is 2.87. The zero-order valence-corrected chi connectivity index (χ0v) is 4.83. The molecule has 0 unspecified atom stereocenters. The van der Waals surface area contributed by atoms with E-state index in [1.807, 2.05) is 0 Å². The van der Waals surface area contributed by atoms with Crippen molar-refractivity contribution in [3.05, 3.63) is 0 Å². The lowest BCUT2D eigenvalue weighted by Gasteiger charge is -1.28. The van der Waals surface area contributed by atoms with Crippen LogP contribution in [0, 0.1) is 0 Å². The van der Waals surface area contributed by atoms with E-state index in [-0.39, 0.29) is 7.43 Å². The minimum absolute atomic E-state index is 0. The molecule has 0 aliphatic carbocycles. The largest absolute Gasteiger partial charge is 0.407 e. The first-order valence-corrected chi connectivity index (χ1v) is 4.69. The molecule has 0 saturated heterocycles. The van der Waals surface area contributed by atoms with Gasteiger partial charge in [-0.3, -0.25) is 0 Å². The first kappa shape index (κ1) is 9.44. The second-order valence-corrected chi connectivity index (χ2v) is 5.45. The van der Waals surface area contributed by atoms with E-state index in [0.717, 1.165) is 0 Å². The fourth-order valence-electron chi connectivity index (χ4n) is 0.